The molecular weight excluding hydrogens is 396 g/mol. The summed E-state index contributed by atoms with van der Waals surface area (Å²) in [4.78, 5) is 36.2. The van der Waals surface area contributed by atoms with Crippen LogP contribution in [-0.4, -0.2) is 41.8 Å². The molecule has 2 atom stereocenters. The normalized spacial score (nSPS) is 14.1. The molecule has 2 aromatic carbocycles. The second-order valence-electron chi connectivity index (χ2n) is 7.62. The highest BCUT2D eigenvalue weighted by atomic mass is 16.5. The summed E-state index contributed by atoms with van der Waals surface area (Å²) in [5.74, 6) is -1.70. The smallest absolute Gasteiger partial charge is 0.407 e. The number of nitrogens with one attached hydrogen (secondary N) is 2. The highest BCUT2D eigenvalue weighted by Crippen LogP contribution is 2.44. The summed E-state index contributed by atoms with van der Waals surface area (Å²) >= 11 is 0. The van der Waals surface area contributed by atoms with Crippen molar-refractivity contribution in [2.24, 2.45) is 0 Å². The van der Waals surface area contributed by atoms with Crippen LogP contribution in [0.2, 0.25) is 0 Å². The maximum absolute atomic E-state index is 12.5. The number of benzene rings is 2. The molecule has 164 valence electrons. The highest BCUT2D eigenvalue weighted by molar-refractivity contribution is 5.89. The minimum atomic E-state index is -1.10. The summed E-state index contributed by atoms with van der Waals surface area (Å²) in [5.41, 5.74) is 4.47. The zero-order valence-corrected chi connectivity index (χ0v) is 17.8. The van der Waals surface area contributed by atoms with Crippen LogP contribution in [0, 0.1) is 0 Å². The van der Waals surface area contributed by atoms with Gasteiger partial charge in [0.25, 0.3) is 0 Å². The molecule has 2 amide bonds. The van der Waals surface area contributed by atoms with E-state index in [2.05, 4.69) is 22.8 Å². The number of carboxylic acid groups (broad SMARTS) is 1. The van der Waals surface area contributed by atoms with E-state index >= 15 is 0 Å². The van der Waals surface area contributed by atoms with Crippen molar-refractivity contribution in [1.82, 2.24) is 10.6 Å². The highest BCUT2D eigenvalue weighted by Gasteiger charge is 2.30. The molecular formula is C24H28N2O5. The van der Waals surface area contributed by atoms with Crippen LogP contribution in [0.1, 0.15) is 50.2 Å². The number of hydrogen-bond donors (Lipinski definition) is 3. The minimum absolute atomic E-state index is 0.0758. The second kappa shape index (κ2) is 10.1. The number of carbonyl (C=O) groups is 3. The van der Waals surface area contributed by atoms with Gasteiger partial charge < -0.3 is 20.5 Å². The molecule has 1 aliphatic carbocycles. The lowest BCUT2D eigenvalue weighted by atomic mass is 9.98. The van der Waals surface area contributed by atoms with Crippen molar-refractivity contribution < 1.29 is 24.2 Å². The number of carboxylic acids is 1. The van der Waals surface area contributed by atoms with Crippen LogP contribution in [0.4, 0.5) is 4.79 Å². The summed E-state index contributed by atoms with van der Waals surface area (Å²) in [6, 6.07) is 14.2. The first-order valence-corrected chi connectivity index (χ1v) is 10.6. The van der Waals surface area contributed by atoms with Crippen molar-refractivity contribution in [3.05, 3.63) is 59.7 Å². The topological polar surface area (TPSA) is 105 Å². The lowest BCUT2D eigenvalue weighted by Gasteiger charge is -2.21. The SMILES string of the molecule is CCC[C@@H](NC(=O)OCC1c2ccccc2-c2ccccc21)C(=O)N[C@H](CC)C(=O)O. The van der Waals surface area contributed by atoms with Gasteiger partial charge in [0, 0.05) is 5.92 Å². The number of alkyl carbamates (subject to hydrolysis) is 1. The Morgan fingerprint density at radius 2 is 1.52 bits per heavy atom. The van der Waals surface area contributed by atoms with Crippen LogP contribution in [0.15, 0.2) is 48.5 Å². The molecule has 0 aromatic heterocycles. The predicted molar refractivity (Wildman–Crippen MR) is 117 cm³/mol. The Balaban J connectivity index is 1.64. The molecule has 1 aliphatic rings. The van der Waals surface area contributed by atoms with Gasteiger partial charge in [0.05, 0.1) is 0 Å². The van der Waals surface area contributed by atoms with E-state index in [0.29, 0.717) is 12.8 Å². The van der Waals surface area contributed by atoms with Gasteiger partial charge in [-0.2, -0.15) is 0 Å². The Hall–Kier alpha value is -3.35. The number of rotatable bonds is 9. The van der Waals surface area contributed by atoms with Gasteiger partial charge in [-0.1, -0.05) is 68.8 Å². The lowest BCUT2D eigenvalue weighted by Crippen LogP contribution is -2.51. The van der Waals surface area contributed by atoms with Gasteiger partial charge in [-0.05, 0) is 35.1 Å². The number of hydrogen-bond acceptors (Lipinski definition) is 4. The number of carbonyl (C=O) groups excluding carboxylic acids is 2. The summed E-state index contributed by atoms with van der Waals surface area (Å²) in [5, 5.41) is 14.2. The van der Waals surface area contributed by atoms with Gasteiger partial charge in [-0.25, -0.2) is 9.59 Å². The summed E-state index contributed by atoms with van der Waals surface area (Å²) in [6.45, 7) is 3.70. The third kappa shape index (κ3) is 5.05. The average Bonchev–Trinajstić information content (AvgIpc) is 3.09. The largest absolute Gasteiger partial charge is 0.480 e. The molecule has 3 N–H and O–H groups in total. The fourth-order valence-corrected chi connectivity index (χ4v) is 3.95. The number of amides is 2. The third-order valence-electron chi connectivity index (χ3n) is 5.55. The van der Waals surface area contributed by atoms with Crippen molar-refractivity contribution >= 4 is 18.0 Å². The molecule has 7 heteroatoms. The molecule has 0 heterocycles. The van der Waals surface area contributed by atoms with Gasteiger partial charge >= 0.3 is 12.1 Å². The average molecular weight is 424 g/mol. The van der Waals surface area contributed by atoms with Crippen LogP contribution in [0.3, 0.4) is 0 Å². The van der Waals surface area contributed by atoms with Gasteiger partial charge in [0.15, 0.2) is 0 Å². The van der Waals surface area contributed by atoms with Crippen molar-refractivity contribution in [3.63, 3.8) is 0 Å². The molecule has 0 aliphatic heterocycles. The van der Waals surface area contributed by atoms with Gasteiger partial charge in [0.1, 0.15) is 18.7 Å². The molecule has 0 fully saturated rings. The van der Waals surface area contributed by atoms with E-state index in [9.17, 15) is 14.4 Å². The van der Waals surface area contributed by atoms with Crippen LogP contribution < -0.4 is 10.6 Å². The number of aliphatic carboxylic acids is 1. The molecule has 2 aromatic rings. The molecule has 3 rings (SSSR count). The summed E-state index contributed by atoms with van der Waals surface area (Å²) in [7, 11) is 0. The molecule has 0 saturated heterocycles. The molecule has 0 spiro atoms. The fraction of sp³-hybridized carbons (Fsp3) is 0.375. The van der Waals surface area contributed by atoms with Gasteiger partial charge in [0.2, 0.25) is 5.91 Å². The van der Waals surface area contributed by atoms with Gasteiger partial charge in [-0.15, -0.1) is 0 Å². The number of fused-ring (bicyclic) bond motifs is 3. The van der Waals surface area contributed by atoms with Crippen molar-refractivity contribution in [1.29, 1.82) is 0 Å². The quantitative estimate of drug-likeness (QED) is 0.570. The molecule has 7 nitrogen and oxygen atoms in total. The Kier molecular flexibility index (Phi) is 7.28. The van der Waals surface area contributed by atoms with E-state index in [1.807, 2.05) is 43.3 Å². The summed E-state index contributed by atoms with van der Waals surface area (Å²) in [6.07, 6.45) is 0.585. The van der Waals surface area contributed by atoms with Crippen LogP contribution in [0.25, 0.3) is 11.1 Å². The molecule has 0 bridgehead atoms. The van der Waals surface area contributed by atoms with Crippen LogP contribution in [0.5, 0.6) is 0 Å². The molecule has 0 saturated carbocycles. The van der Waals surface area contributed by atoms with Crippen molar-refractivity contribution in [2.45, 2.75) is 51.1 Å². The predicted octanol–water partition coefficient (Wildman–Crippen LogP) is 3.67. The molecule has 0 unspecified atom stereocenters. The van der Waals surface area contributed by atoms with E-state index in [0.717, 1.165) is 22.3 Å². The first kappa shape index (κ1) is 22.3. The summed E-state index contributed by atoms with van der Waals surface area (Å²) < 4.78 is 5.50. The standard InChI is InChI=1S/C24H28N2O5/c1-3-9-21(22(27)25-20(4-2)23(28)29)26-24(30)31-14-19-17-12-7-5-10-15(17)16-11-6-8-13-18(16)19/h5-8,10-13,19-21H,3-4,9,14H2,1-2H3,(H,25,27)(H,26,30)(H,28,29)/t20-,21-/m1/s1. The molecule has 31 heavy (non-hydrogen) atoms. The first-order valence-electron chi connectivity index (χ1n) is 10.6. The van der Waals surface area contributed by atoms with E-state index in [4.69, 9.17) is 9.84 Å². The minimum Gasteiger partial charge on any atom is -0.480 e. The van der Waals surface area contributed by atoms with Gasteiger partial charge in [-0.3, -0.25) is 4.79 Å². The maximum Gasteiger partial charge on any atom is 0.407 e. The monoisotopic (exact) mass is 424 g/mol. The van der Waals surface area contributed by atoms with E-state index < -0.39 is 30.1 Å². The van der Waals surface area contributed by atoms with E-state index in [1.54, 1.807) is 6.92 Å². The first-order chi connectivity index (χ1) is 15.0. The second-order valence-corrected chi connectivity index (χ2v) is 7.62. The fourth-order valence-electron chi connectivity index (χ4n) is 3.95. The third-order valence-corrected chi connectivity index (χ3v) is 5.55. The Labute approximate surface area is 181 Å². The van der Waals surface area contributed by atoms with Crippen molar-refractivity contribution in [2.75, 3.05) is 6.61 Å². The maximum atomic E-state index is 12.5. The Morgan fingerprint density at radius 3 is 2.03 bits per heavy atom. The van der Waals surface area contributed by atoms with Crippen LogP contribution >= 0.6 is 0 Å². The van der Waals surface area contributed by atoms with E-state index in [1.165, 1.54) is 0 Å². The Bertz CT molecular complexity index is 913. The zero-order valence-electron chi connectivity index (χ0n) is 17.8. The van der Waals surface area contributed by atoms with E-state index in [-0.39, 0.29) is 18.9 Å². The molecule has 0 radical (unpaired) electrons. The number of ether oxygens (including phenoxy) is 1. The lowest BCUT2D eigenvalue weighted by molar-refractivity contribution is -0.142. The van der Waals surface area contributed by atoms with Crippen molar-refractivity contribution in [3.8, 4) is 11.1 Å². The van der Waals surface area contributed by atoms with Crippen LogP contribution in [-0.2, 0) is 14.3 Å². The zero-order chi connectivity index (χ0) is 22.4. The Morgan fingerprint density at radius 1 is 0.935 bits per heavy atom.